The van der Waals surface area contributed by atoms with Crippen LogP contribution in [0.4, 0.5) is 10.5 Å². The van der Waals surface area contributed by atoms with Gasteiger partial charge >= 0.3 is 12.0 Å². The van der Waals surface area contributed by atoms with Gasteiger partial charge in [-0.25, -0.2) is 9.59 Å². The molecule has 1 aromatic rings. The average Bonchev–Trinajstić information content (AvgIpc) is 2.48. The Kier molecular flexibility index (Phi) is 6.16. The average molecular weight is 420 g/mol. The lowest BCUT2D eigenvalue weighted by Gasteiger charge is -2.21. The maximum atomic E-state index is 11.9. The van der Waals surface area contributed by atoms with E-state index in [1.54, 1.807) is 12.1 Å². The highest BCUT2D eigenvalue weighted by molar-refractivity contribution is 14.1. The lowest BCUT2D eigenvalue weighted by Crippen LogP contribution is -2.35. The lowest BCUT2D eigenvalue weighted by atomic mass is 10.2. The van der Waals surface area contributed by atoms with Crippen LogP contribution < -0.4 is 10.6 Å². The molecular formula is C14H17IN2O3S. The number of benzene rings is 1. The van der Waals surface area contributed by atoms with E-state index in [1.165, 1.54) is 18.9 Å². The van der Waals surface area contributed by atoms with Gasteiger partial charge < -0.3 is 15.7 Å². The van der Waals surface area contributed by atoms with E-state index in [4.69, 9.17) is 5.11 Å². The first-order valence-corrected chi connectivity index (χ1v) is 8.88. The summed E-state index contributed by atoms with van der Waals surface area (Å²) in [4.78, 5) is 23.1. The molecule has 1 unspecified atom stereocenters. The third-order valence-electron chi connectivity index (χ3n) is 3.22. The van der Waals surface area contributed by atoms with E-state index in [0.29, 0.717) is 17.5 Å². The topological polar surface area (TPSA) is 78.4 Å². The van der Waals surface area contributed by atoms with Gasteiger partial charge in [0.1, 0.15) is 0 Å². The van der Waals surface area contributed by atoms with Crippen molar-refractivity contribution >= 4 is 52.0 Å². The highest BCUT2D eigenvalue weighted by atomic mass is 127. The van der Waals surface area contributed by atoms with Gasteiger partial charge in [0.05, 0.1) is 11.3 Å². The van der Waals surface area contributed by atoms with Crippen LogP contribution in [0.3, 0.4) is 0 Å². The summed E-state index contributed by atoms with van der Waals surface area (Å²) >= 11 is 3.92. The minimum absolute atomic E-state index is 0.101. The number of carbonyl (C=O) groups is 2. The summed E-state index contributed by atoms with van der Waals surface area (Å²) in [5.74, 6) is 0.0977. The number of hydrogen-bond acceptors (Lipinski definition) is 3. The zero-order valence-corrected chi connectivity index (χ0v) is 14.4. The molecule has 1 aromatic carbocycles. The molecule has 5 nitrogen and oxygen atoms in total. The van der Waals surface area contributed by atoms with Crippen LogP contribution in [0.25, 0.3) is 0 Å². The second-order valence-electron chi connectivity index (χ2n) is 4.82. The summed E-state index contributed by atoms with van der Waals surface area (Å²) in [7, 11) is 0. The number of carboxylic acid groups (broad SMARTS) is 1. The van der Waals surface area contributed by atoms with Gasteiger partial charge in [-0.3, -0.25) is 0 Å². The second kappa shape index (κ2) is 7.88. The van der Waals surface area contributed by atoms with E-state index < -0.39 is 5.97 Å². The molecule has 1 fully saturated rings. The van der Waals surface area contributed by atoms with Gasteiger partial charge in [0.25, 0.3) is 0 Å². The van der Waals surface area contributed by atoms with Crippen molar-refractivity contribution in [2.24, 2.45) is 0 Å². The first-order valence-electron chi connectivity index (χ1n) is 6.75. The number of halogens is 1. The molecule has 114 valence electrons. The van der Waals surface area contributed by atoms with Crippen LogP contribution in [0.1, 0.15) is 29.6 Å². The number of carboxylic acids is 1. The highest BCUT2D eigenvalue weighted by Crippen LogP contribution is 2.24. The van der Waals surface area contributed by atoms with Crippen LogP contribution in [0.5, 0.6) is 0 Å². The van der Waals surface area contributed by atoms with E-state index in [9.17, 15) is 9.59 Å². The summed E-state index contributed by atoms with van der Waals surface area (Å²) < 4.78 is 0.814. The number of hydrogen-bond donors (Lipinski definition) is 3. The smallest absolute Gasteiger partial charge is 0.337 e. The van der Waals surface area contributed by atoms with Crippen molar-refractivity contribution in [1.29, 1.82) is 0 Å². The zero-order chi connectivity index (χ0) is 15.2. The summed E-state index contributed by atoms with van der Waals surface area (Å²) in [5, 5.41) is 15.0. The Morgan fingerprint density at radius 2 is 2.19 bits per heavy atom. The third kappa shape index (κ3) is 5.06. The molecule has 1 heterocycles. The molecule has 7 heteroatoms. The fourth-order valence-electron chi connectivity index (χ4n) is 2.14. The lowest BCUT2D eigenvalue weighted by molar-refractivity contribution is 0.0698. The quantitative estimate of drug-likeness (QED) is 0.653. The summed E-state index contributed by atoms with van der Waals surface area (Å²) in [6, 6.07) is 4.56. The molecule has 2 amide bonds. The Hall–Kier alpha value is -0.960. The maximum absolute atomic E-state index is 11.9. The molecule has 3 N–H and O–H groups in total. The van der Waals surface area contributed by atoms with Crippen LogP contribution in [0, 0.1) is 3.57 Å². The Bertz CT molecular complexity index is 533. The van der Waals surface area contributed by atoms with E-state index in [1.807, 2.05) is 34.4 Å². The van der Waals surface area contributed by atoms with Crippen LogP contribution in [-0.2, 0) is 0 Å². The SMILES string of the molecule is O=C(NCC1CCCCS1)Nc1ccc(I)cc1C(=O)O. The fourth-order valence-corrected chi connectivity index (χ4v) is 3.87. The van der Waals surface area contributed by atoms with E-state index >= 15 is 0 Å². The molecule has 1 aliphatic heterocycles. The molecule has 0 aliphatic carbocycles. The standard InChI is InChI=1S/C14H17IN2O3S/c15-9-4-5-12(11(7-9)13(18)19)17-14(20)16-8-10-3-1-2-6-21-10/h4-5,7,10H,1-3,6,8H2,(H,18,19)(H2,16,17,20). The second-order valence-corrected chi connectivity index (χ2v) is 7.47. The first-order chi connectivity index (χ1) is 10.1. The van der Waals surface area contributed by atoms with Gasteiger partial charge in [-0.15, -0.1) is 0 Å². The summed E-state index contributed by atoms with van der Waals surface area (Å²) in [5.41, 5.74) is 0.417. The van der Waals surface area contributed by atoms with Gasteiger partial charge in [0.2, 0.25) is 0 Å². The molecule has 0 saturated carbocycles. The number of rotatable bonds is 4. The number of anilines is 1. The number of nitrogens with one attached hydrogen (secondary N) is 2. The maximum Gasteiger partial charge on any atom is 0.337 e. The number of thioether (sulfide) groups is 1. The molecule has 0 bridgehead atoms. The van der Waals surface area contributed by atoms with Crippen molar-refractivity contribution in [3.63, 3.8) is 0 Å². The van der Waals surface area contributed by atoms with Crippen LogP contribution in [-0.4, -0.2) is 34.7 Å². The molecular weight excluding hydrogens is 403 g/mol. The molecule has 0 radical (unpaired) electrons. The number of amides is 2. The molecule has 0 spiro atoms. The Balaban J connectivity index is 1.91. The van der Waals surface area contributed by atoms with Crippen molar-refractivity contribution in [2.45, 2.75) is 24.5 Å². The fraction of sp³-hybridized carbons (Fsp3) is 0.429. The zero-order valence-electron chi connectivity index (χ0n) is 11.4. The number of carbonyl (C=O) groups excluding carboxylic acids is 1. The molecule has 1 aliphatic rings. The van der Waals surface area contributed by atoms with Gasteiger partial charge in [0, 0.05) is 15.4 Å². The number of urea groups is 1. The van der Waals surface area contributed by atoms with Crippen molar-refractivity contribution in [3.05, 3.63) is 27.3 Å². The van der Waals surface area contributed by atoms with Gasteiger partial charge in [0.15, 0.2) is 0 Å². The third-order valence-corrected chi connectivity index (χ3v) is 5.29. The monoisotopic (exact) mass is 420 g/mol. The van der Waals surface area contributed by atoms with E-state index in [2.05, 4.69) is 10.6 Å². The molecule has 1 saturated heterocycles. The van der Waals surface area contributed by atoms with Crippen LogP contribution in [0.2, 0.25) is 0 Å². The first kappa shape index (κ1) is 16.4. The van der Waals surface area contributed by atoms with E-state index in [-0.39, 0.29) is 11.6 Å². The van der Waals surface area contributed by atoms with Crippen molar-refractivity contribution in [3.8, 4) is 0 Å². The van der Waals surface area contributed by atoms with Gasteiger partial charge in [-0.1, -0.05) is 6.42 Å². The van der Waals surface area contributed by atoms with Crippen molar-refractivity contribution in [2.75, 3.05) is 17.6 Å². The molecule has 0 aromatic heterocycles. The minimum atomic E-state index is -1.05. The largest absolute Gasteiger partial charge is 0.478 e. The van der Waals surface area contributed by atoms with Crippen LogP contribution >= 0.6 is 34.4 Å². The Morgan fingerprint density at radius 3 is 2.86 bits per heavy atom. The Morgan fingerprint density at radius 1 is 1.38 bits per heavy atom. The van der Waals surface area contributed by atoms with Gasteiger partial charge in [-0.2, -0.15) is 11.8 Å². The molecule has 1 atom stereocenters. The minimum Gasteiger partial charge on any atom is -0.478 e. The predicted octanol–water partition coefficient (Wildman–Crippen LogP) is 3.40. The van der Waals surface area contributed by atoms with Crippen molar-refractivity contribution < 1.29 is 14.7 Å². The Labute approximate surface area is 141 Å². The number of aromatic carboxylic acids is 1. The van der Waals surface area contributed by atoms with Gasteiger partial charge in [-0.05, 0) is 59.4 Å². The van der Waals surface area contributed by atoms with Crippen LogP contribution in [0.15, 0.2) is 18.2 Å². The summed E-state index contributed by atoms with van der Waals surface area (Å²) in [6.45, 7) is 0.614. The van der Waals surface area contributed by atoms with Crippen molar-refractivity contribution in [1.82, 2.24) is 5.32 Å². The molecule has 21 heavy (non-hydrogen) atoms. The summed E-state index contributed by atoms with van der Waals surface area (Å²) in [6.07, 6.45) is 3.58. The molecule has 2 rings (SSSR count). The normalized spacial score (nSPS) is 18.0. The predicted molar refractivity (Wildman–Crippen MR) is 93.2 cm³/mol. The highest BCUT2D eigenvalue weighted by Gasteiger charge is 2.16. The van der Waals surface area contributed by atoms with E-state index in [0.717, 1.165) is 15.7 Å².